The number of aromatic nitrogens is 2. The van der Waals surface area contributed by atoms with Crippen LogP contribution in [-0.4, -0.2) is 53.4 Å². The van der Waals surface area contributed by atoms with Gasteiger partial charge in [-0.05, 0) is 19.4 Å². The molecule has 0 spiro atoms. The van der Waals surface area contributed by atoms with Crippen molar-refractivity contribution in [3.63, 3.8) is 0 Å². The first-order chi connectivity index (χ1) is 12.1. The molecule has 0 aliphatic carbocycles. The van der Waals surface area contributed by atoms with Crippen molar-refractivity contribution in [2.75, 3.05) is 27.3 Å². The summed E-state index contributed by atoms with van der Waals surface area (Å²) in [6, 6.07) is 4.00. The standard InChI is InChI=1S/C19H25N3O3/c1-13-18(24-2)5-4-14(19(13)25-3)10-22-11-15(17(23)12-22)8-16-9-20-6-7-21-16/h4-7,9,15,17,23H,8,10-12H2,1-3H3/t15-,17-/m1/s1. The SMILES string of the molecule is COc1ccc(CN2C[C@@H](Cc3cnccn3)[C@H](O)C2)c(OC)c1C. The first-order valence-corrected chi connectivity index (χ1v) is 8.48. The Balaban J connectivity index is 1.69. The normalized spacial score (nSPS) is 20.6. The third-order valence-electron chi connectivity index (χ3n) is 4.83. The molecule has 3 rings (SSSR count). The third kappa shape index (κ3) is 3.91. The van der Waals surface area contributed by atoms with E-state index in [-0.39, 0.29) is 12.0 Å². The van der Waals surface area contributed by atoms with Gasteiger partial charge in [0, 0.05) is 55.3 Å². The number of hydrogen-bond acceptors (Lipinski definition) is 6. The summed E-state index contributed by atoms with van der Waals surface area (Å²) < 4.78 is 11.0. The molecule has 2 atom stereocenters. The number of ether oxygens (including phenoxy) is 2. The highest BCUT2D eigenvalue weighted by atomic mass is 16.5. The molecule has 1 aliphatic heterocycles. The Morgan fingerprint density at radius 1 is 1.20 bits per heavy atom. The zero-order valence-electron chi connectivity index (χ0n) is 15.0. The first-order valence-electron chi connectivity index (χ1n) is 8.48. The lowest BCUT2D eigenvalue weighted by Gasteiger charge is -2.20. The highest BCUT2D eigenvalue weighted by Crippen LogP contribution is 2.33. The molecule has 0 saturated carbocycles. The zero-order chi connectivity index (χ0) is 17.8. The molecule has 1 fully saturated rings. The fraction of sp³-hybridized carbons (Fsp3) is 0.474. The van der Waals surface area contributed by atoms with Gasteiger partial charge in [-0.3, -0.25) is 14.9 Å². The van der Waals surface area contributed by atoms with E-state index in [0.717, 1.165) is 47.8 Å². The van der Waals surface area contributed by atoms with Gasteiger partial charge in [0.15, 0.2) is 0 Å². The zero-order valence-corrected chi connectivity index (χ0v) is 15.0. The van der Waals surface area contributed by atoms with Gasteiger partial charge < -0.3 is 14.6 Å². The second kappa shape index (κ2) is 7.80. The van der Waals surface area contributed by atoms with Crippen LogP contribution in [0.3, 0.4) is 0 Å². The van der Waals surface area contributed by atoms with Crippen molar-refractivity contribution in [3.05, 3.63) is 47.5 Å². The summed E-state index contributed by atoms with van der Waals surface area (Å²) in [6.07, 6.45) is 5.51. The molecule has 1 aromatic carbocycles. The predicted octanol–water partition coefficient (Wildman–Crippen LogP) is 1.84. The van der Waals surface area contributed by atoms with E-state index < -0.39 is 0 Å². The maximum absolute atomic E-state index is 10.4. The van der Waals surface area contributed by atoms with Crippen LogP contribution in [0.4, 0.5) is 0 Å². The van der Waals surface area contributed by atoms with E-state index in [4.69, 9.17) is 9.47 Å². The van der Waals surface area contributed by atoms with Gasteiger partial charge in [-0.15, -0.1) is 0 Å². The number of aliphatic hydroxyl groups is 1. The summed E-state index contributed by atoms with van der Waals surface area (Å²) in [5.41, 5.74) is 3.03. The van der Waals surface area contributed by atoms with Crippen molar-refractivity contribution < 1.29 is 14.6 Å². The number of rotatable bonds is 6. The second-order valence-corrected chi connectivity index (χ2v) is 6.51. The molecule has 134 valence electrons. The summed E-state index contributed by atoms with van der Waals surface area (Å²) in [7, 11) is 3.34. The largest absolute Gasteiger partial charge is 0.496 e. The Hall–Kier alpha value is -2.18. The molecule has 6 nitrogen and oxygen atoms in total. The summed E-state index contributed by atoms with van der Waals surface area (Å²) in [5.74, 6) is 1.84. The van der Waals surface area contributed by atoms with E-state index in [2.05, 4.69) is 14.9 Å². The van der Waals surface area contributed by atoms with Gasteiger partial charge in [0.1, 0.15) is 11.5 Å². The predicted molar refractivity (Wildman–Crippen MR) is 94.8 cm³/mol. The fourth-order valence-corrected chi connectivity index (χ4v) is 3.58. The minimum atomic E-state index is -0.354. The summed E-state index contributed by atoms with van der Waals surface area (Å²) in [4.78, 5) is 10.7. The molecule has 0 amide bonds. The van der Waals surface area contributed by atoms with E-state index in [1.807, 2.05) is 19.1 Å². The van der Waals surface area contributed by atoms with Crippen LogP contribution in [0.5, 0.6) is 11.5 Å². The summed E-state index contributed by atoms with van der Waals surface area (Å²) in [5, 5.41) is 10.4. The van der Waals surface area contributed by atoms with Crippen molar-refractivity contribution in [2.45, 2.75) is 26.0 Å². The quantitative estimate of drug-likeness (QED) is 0.863. The number of hydrogen-bond donors (Lipinski definition) is 1. The van der Waals surface area contributed by atoms with E-state index in [1.165, 1.54) is 0 Å². The van der Waals surface area contributed by atoms with Crippen molar-refractivity contribution in [2.24, 2.45) is 5.92 Å². The Kier molecular flexibility index (Phi) is 5.50. The average molecular weight is 343 g/mol. The number of aliphatic hydroxyl groups excluding tert-OH is 1. The average Bonchev–Trinajstić information content (AvgIpc) is 2.95. The van der Waals surface area contributed by atoms with Crippen LogP contribution in [-0.2, 0) is 13.0 Å². The molecule has 1 N–H and O–H groups in total. The summed E-state index contributed by atoms with van der Waals surface area (Å²) >= 11 is 0. The van der Waals surface area contributed by atoms with Crippen molar-refractivity contribution in [1.29, 1.82) is 0 Å². The fourth-order valence-electron chi connectivity index (χ4n) is 3.58. The van der Waals surface area contributed by atoms with Gasteiger partial charge in [0.2, 0.25) is 0 Å². The highest BCUT2D eigenvalue weighted by molar-refractivity contribution is 5.49. The van der Waals surface area contributed by atoms with Crippen LogP contribution in [0.15, 0.2) is 30.7 Å². The Morgan fingerprint density at radius 2 is 2.04 bits per heavy atom. The Bertz CT molecular complexity index is 709. The lowest BCUT2D eigenvalue weighted by atomic mass is 10.0. The van der Waals surface area contributed by atoms with Crippen molar-refractivity contribution in [1.82, 2.24) is 14.9 Å². The van der Waals surface area contributed by atoms with Gasteiger partial charge >= 0.3 is 0 Å². The van der Waals surface area contributed by atoms with Crippen LogP contribution in [0.2, 0.25) is 0 Å². The Labute approximate surface area is 148 Å². The molecule has 0 unspecified atom stereocenters. The number of likely N-dealkylation sites (tertiary alicyclic amines) is 1. The molecular formula is C19H25N3O3. The lowest BCUT2D eigenvalue weighted by Crippen LogP contribution is -2.22. The molecule has 1 aromatic heterocycles. The molecule has 1 saturated heterocycles. The van der Waals surface area contributed by atoms with Crippen molar-refractivity contribution in [3.8, 4) is 11.5 Å². The molecular weight excluding hydrogens is 318 g/mol. The van der Waals surface area contributed by atoms with Crippen LogP contribution >= 0.6 is 0 Å². The van der Waals surface area contributed by atoms with Gasteiger partial charge in [-0.25, -0.2) is 0 Å². The number of nitrogens with zero attached hydrogens (tertiary/aromatic N) is 3. The van der Waals surface area contributed by atoms with Gasteiger partial charge in [-0.1, -0.05) is 6.07 Å². The van der Waals surface area contributed by atoms with Gasteiger partial charge in [0.25, 0.3) is 0 Å². The maximum atomic E-state index is 10.4. The third-order valence-corrected chi connectivity index (χ3v) is 4.83. The topological polar surface area (TPSA) is 67.7 Å². The summed E-state index contributed by atoms with van der Waals surface area (Å²) in [6.45, 7) is 4.21. The molecule has 0 bridgehead atoms. The van der Waals surface area contributed by atoms with Crippen LogP contribution in [0, 0.1) is 12.8 Å². The molecule has 6 heteroatoms. The number of β-amino-alcohol motifs (C(OH)–C–C–N with tert-alkyl or cyclic N) is 1. The maximum Gasteiger partial charge on any atom is 0.129 e. The van der Waals surface area contributed by atoms with E-state index >= 15 is 0 Å². The van der Waals surface area contributed by atoms with Crippen LogP contribution in [0.1, 0.15) is 16.8 Å². The van der Waals surface area contributed by atoms with E-state index in [0.29, 0.717) is 6.54 Å². The van der Waals surface area contributed by atoms with Gasteiger partial charge in [0.05, 0.1) is 26.0 Å². The number of benzene rings is 1. The smallest absolute Gasteiger partial charge is 0.129 e. The molecule has 1 aliphatic rings. The van der Waals surface area contributed by atoms with Crippen LogP contribution < -0.4 is 9.47 Å². The molecule has 25 heavy (non-hydrogen) atoms. The first kappa shape index (κ1) is 17.6. The van der Waals surface area contributed by atoms with E-state index in [1.54, 1.807) is 32.8 Å². The van der Waals surface area contributed by atoms with E-state index in [9.17, 15) is 5.11 Å². The van der Waals surface area contributed by atoms with Crippen molar-refractivity contribution >= 4 is 0 Å². The van der Waals surface area contributed by atoms with Gasteiger partial charge in [-0.2, -0.15) is 0 Å². The Morgan fingerprint density at radius 3 is 2.72 bits per heavy atom. The monoisotopic (exact) mass is 343 g/mol. The highest BCUT2D eigenvalue weighted by Gasteiger charge is 2.32. The second-order valence-electron chi connectivity index (χ2n) is 6.51. The lowest BCUT2D eigenvalue weighted by molar-refractivity contribution is 0.140. The minimum absolute atomic E-state index is 0.169. The number of methoxy groups -OCH3 is 2. The molecule has 2 heterocycles. The minimum Gasteiger partial charge on any atom is -0.496 e. The van der Waals surface area contributed by atoms with Crippen LogP contribution in [0.25, 0.3) is 0 Å². The molecule has 2 aromatic rings. The molecule has 0 radical (unpaired) electrons.